The summed E-state index contributed by atoms with van der Waals surface area (Å²) in [6.45, 7) is 0. The smallest absolute Gasteiger partial charge is 0.326 e. The Morgan fingerprint density at radius 3 is 1.41 bits per heavy atom. The Morgan fingerprint density at radius 1 is 0.690 bits per heavy atom. The van der Waals surface area contributed by atoms with Gasteiger partial charge in [-0.25, -0.2) is 4.79 Å². The van der Waals surface area contributed by atoms with Gasteiger partial charge in [0.1, 0.15) is 18.1 Å². The fourth-order valence-electron chi connectivity index (χ4n) is 1.87. The lowest BCUT2D eigenvalue weighted by molar-refractivity contribution is -0.147. The molecule has 0 heterocycles. The Bertz CT molecular complexity index is 661. The summed E-state index contributed by atoms with van der Waals surface area (Å²) in [5.74, 6) is -7.69. The molecule has 0 rings (SSSR count). The highest BCUT2D eigenvalue weighted by molar-refractivity contribution is 7.80. The highest BCUT2D eigenvalue weighted by Gasteiger charge is 2.30. The fraction of sp³-hybridized carbons (Fsp3) is 0.571. The number of hydrogen-bond donors (Lipinski definition) is 9. The number of hydrogen-bond acceptors (Lipinski definition) is 9. The van der Waals surface area contributed by atoms with Gasteiger partial charge >= 0.3 is 17.9 Å². The van der Waals surface area contributed by atoms with Crippen molar-refractivity contribution >= 4 is 60.9 Å². The first-order valence-corrected chi connectivity index (χ1v) is 9.24. The van der Waals surface area contributed by atoms with Crippen LogP contribution in [0.2, 0.25) is 0 Å². The summed E-state index contributed by atoms with van der Waals surface area (Å²) in [7, 11) is 0. The lowest BCUT2D eigenvalue weighted by atomic mass is 10.1. The first-order chi connectivity index (χ1) is 13.4. The molecule has 0 saturated carbocycles. The molecule has 13 nitrogen and oxygen atoms in total. The van der Waals surface area contributed by atoms with E-state index in [1.54, 1.807) is 0 Å². The van der Waals surface area contributed by atoms with E-state index in [1.807, 2.05) is 5.32 Å². The van der Waals surface area contributed by atoms with Gasteiger partial charge in [-0.05, 0) is 0 Å². The van der Waals surface area contributed by atoms with E-state index in [0.29, 0.717) is 0 Å². The molecule has 0 radical (unpaired) electrons. The second kappa shape index (κ2) is 12.8. The molecule has 3 amide bonds. The predicted octanol–water partition coefficient (Wildman–Crippen LogP) is -3.34. The highest BCUT2D eigenvalue weighted by Crippen LogP contribution is 1.99. The quantitative estimate of drug-likeness (QED) is 0.126. The van der Waals surface area contributed by atoms with E-state index in [0.717, 1.165) is 0 Å². The largest absolute Gasteiger partial charge is 0.481 e. The average molecular weight is 454 g/mol. The van der Waals surface area contributed by atoms with Gasteiger partial charge in [0.25, 0.3) is 0 Å². The van der Waals surface area contributed by atoms with E-state index < -0.39 is 72.6 Å². The van der Waals surface area contributed by atoms with Gasteiger partial charge in [-0.1, -0.05) is 0 Å². The Labute approximate surface area is 175 Å². The molecule has 0 spiro atoms. The molecular formula is C14H22N4O9S2. The van der Waals surface area contributed by atoms with E-state index in [-0.39, 0.29) is 11.5 Å². The number of carboxylic acids is 3. The van der Waals surface area contributed by atoms with Crippen molar-refractivity contribution in [2.45, 2.75) is 37.0 Å². The number of rotatable bonds is 13. The number of carbonyl (C=O) groups is 6. The van der Waals surface area contributed by atoms with Gasteiger partial charge in [-0.3, -0.25) is 24.0 Å². The molecule has 0 aliphatic rings. The zero-order valence-electron chi connectivity index (χ0n) is 14.9. The van der Waals surface area contributed by atoms with Crippen molar-refractivity contribution in [3.05, 3.63) is 0 Å². The van der Waals surface area contributed by atoms with Crippen molar-refractivity contribution in [1.29, 1.82) is 0 Å². The van der Waals surface area contributed by atoms with Crippen LogP contribution in [0.1, 0.15) is 12.8 Å². The molecule has 29 heavy (non-hydrogen) atoms. The number of carboxylic acid groups (broad SMARTS) is 3. The Morgan fingerprint density at radius 2 is 1.07 bits per heavy atom. The van der Waals surface area contributed by atoms with Crippen molar-refractivity contribution in [3.63, 3.8) is 0 Å². The van der Waals surface area contributed by atoms with Gasteiger partial charge in [0.05, 0.1) is 18.9 Å². The lowest BCUT2D eigenvalue weighted by Gasteiger charge is -2.23. The minimum atomic E-state index is -1.73. The first-order valence-electron chi connectivity index (χ1n) is 7.97. The Hall–Kier alpha value is -2.52. The molecule has 0 saturated heterocycles. The van der Waals surface area contributed by atoms with Crippen molar-refractivity contribution in [2.75, 3.05) is 11.5 Å². The number of nitrogens with two attached hydrogens (primary N) is 1. The van der Waals surface area contributed by atoms with Crippen LogP contribution in [0.3, 0.4) is 0 Å². The highest BCUT2D eigenvalue weighted by atomic mass is 32.1. The van der Waals surface area contributed by atoms with E-state index >= 15 is 0 Å². The molecule has 0 aromatic heterocycles. The maximum absolute atomic E-state index is 12.3. The van der Waals surface area contributed by atoms with Gasteiger partial charge in [-0.15, -0.1) is 0 Å². The van der Waals surface area contributed by atoms with Gasteiger partial charge < -0.3 is 37.0 Å². The van der Waals surface area contributed by atoms with Crippen LogP contribution < -0.4 is 21.7 Å². The van der Waals surface area contributed by atoms with Gasteiger partial charge in [0.2, 0.25) is 17.7 Å². The molecule has 8 N–H and O–H groups in total. The molecular weight excluding hydrogens is 432 g/mol. The monoisotopic (exact) mass is 454 g/mol. The molecule has 0 aliphatic heterocycles. The molecule has 164 valence electrons. The third kappa shape index (κ3) is 10.00. The van der Waals surface area contributed by atoms with Crippen LogP contribution in [0.15, 0.2) is 0 Å². The Kier molecular flexibility index (Phi) is 11.7. The van der Waals surface area contributed by atoms with Crippen molar-refractivity contribution < 1.29 is 44.1 Å². The topological polar surface area (TPSA) is 225 Å². The van der Waals surface area contributed by atoms with Crippen molar-refractivity contribution in [1.82, 2.24) is 16.0 Å². The minimum absolute atomic E-state index is 0.227. The summed E-state index contributed by atoms with van der Waals surface area (Å²) in [6.07, 6.45) is -1.56. The van der Waals surface area contributed by atoms with Crippen LogP contribution >= 0.6 is 25.3 Å². The molecule has 4 atom stereocenters. The molecule has 15 heteroatoms. The summed E-state index contributed by atoms with van der Waals surface area (Å²) >= 11 is 7.78. The van der Waals surface area contributed by atoms with Crippen LogP contribution in [0.5, 0.6) is 0 Å². The molecule has 0 bridgehead atoms. The van der Waals surface area contributed by atoms with Crippen LogP contribution in [-0.4, -0.2) is 86.6 Å². The predicted molar refractivity (Wildman–Crippen MR) is 104 cm³/mol. The van der Waals surface area contributed by atoms with Gasteiger partial charge in [0, 0.05) is 11.5 Å². The lowest BCUT2D eigenvalue weighted by Crippen LogP contribution is -2.58. The number of amides is 3. The van der Waals surface area contributed by atoms with E-state index in [2.05, 4.69) is 35.9 Å². The molecule has 0 aromatic rings. The van der Waals surface area contributed by atoms with Crippen LogP contribution in [0.25, 0.3) is 0 Å². The normalized spacial score (nSPS) is 14.6. The number of aliphatic carboxylic acids is 3. The molecule has 0 aliphatic carbocycles. The number of carbonyl (C=O) groups excluding carboxylic acids is 3. The second-order valence-electron chi connectivity index (χ2n) is 5.69. The SMILES string of the molecule is NC(CC(=O)O)C(=O)NC(CS)C(=O)NC(CS)C(=O)NC(CC(=O)O)C(=O)O. The molecule has 0 fully saturated rings. The summed E-state index contributed by atoms with van der Waals surface area (Å²) < 4.78 is 0. The maximum Gasteiger partial charge on any atom is 0.326 e. The van der Waals surface area contributed by atoms with Gasteiger partial charge in [0.15, 0.2) is 0 Å². The summed E-state index contributed by atoms with van der Waals surface area (Å²) in [5, 5.41) is 32.6. The van der Waals surface area contributed by atoms with Gasteiger partial charge in [-0.2, -0.15) is 25.3 Å². The van der Waals surface area contributed by atoms with E-state index in [4.69, 9.17) is 21.1 Å². The number of thiol groups is 2. The second-order valence-corrected chi connectivity index (χ2v) is 6.42. The van der Waals surface area contributed by atoms with Crippen LogP contribution in [0, 0.1) is 0 Å². The zero-order valence-corrected chi connectivity index (χ0v) is 16.7. The first kappa shape index (κ1) is 26.5. The number of nitrogens with one attached hydrogen (secondary N) is 3. The molecule has 0 aromatic carbocycles. The maximum atomic E-state index is 12.3. The average Bonchev–Trinajstić information content (AvgIpc) is 2.61. The summed E-state index contributed by atoms with van der Waals surface area (Å²) in [6, 6.07) is -5.78. The van der Waals surface area contributed by atoms with Crippen molar-refractivity contribution in [2.24, 2.45) is 5.73 Å². The van der Waals surface area contributed by atoms with E-state index in [1.165, 1.54) is 0 Å². The summed E-state index contributed by atoms with van der Waals surface area (Å²) in [4.78, 5) is 68.5. The third-order valence-electron chi connectivity index (χ3n) is 3.36. The van der Waals surface area contributed by atoms with Crippen LogP contribution in [-0.2, 0) is 28.8 Å². The summed E-state index contributed by atoms with van der Waals surface area (Å²) in [5.41, 5.74) is 5.39. The van der Waals surface area contributed by atoms with Crippen LogP contribution in [0.4, 0.5) is 0 Å². The van der Waals surface area contributed by atoms with Crippen molar-refractivity contribution in [3.8, 4) is 0 Å². The minimum Gasteiger partial charge on any atom is -0.481 e. The standard InChI is InChI=1S/C14H22N4O9S2/c15-5(1-9(19)20)11(23)17-7(3-28)13(25)18-8(4-29)12(24)16-6(14(26)27)2-10(21)22/h5-8,28-29H,1-4,15H2,(H,16,24)(H,17,23)(H,18,25)(H,19,20)(H,21,22)(H,26,27). The van der Waals surface area contributed by atoms with E-state index in [9.17, 15) is 28.8 Å². The fourth-order valence-corrected chi connectivity index (χ4v) is 2.38. The Balaban J connectivity index is 5.02. The third-order valence-corrected chi connectivity index (χ3v) is 4.09. The molecule has 4 unspecified atom stereocenters. The zero-order chi connectivity index (χ0) is 22.7.